The van der Waals surface area contributed by atoms with Gasteiger partial charge < -0.3 is 10.4 Å². The zero-order valence-electron chi connectivity index (χ0n) is 8.00. The number of sulfonamides is 1. The van der Waals surface area contributed by atoms with Crippen LogP contribution in [-0.4, -0.2) is 37.2 Å². The largest absolute Gasteiger partial charge is 0.477 e. The van der Waals surface area contributed by atoms with Crippen LogP contribution in [0.15, 0.2) is 15.4 Å². The summed E-state index contributed by atoms with van der Waals surface area (Å²) in [5.41, 5.74) is -0.371. The molecular formula is C8H8N2O5S. The Bertz CT molecular complexity index is 527. The topological polar surface area (TPSA) is 113 Å². The summed E-state index contributed by atoms with van der Waals surface area (Å²) in [4.78, 5) is 21.1. The van der Waals surface area contributed by atoms with Gasteiger partial charge in [-0.05, 0) is 18.9 Å². The van der Waals surface area contributed by atoms with Crippen LogP contribution in [0.4, 0.5) is 0 Å². The second-order valence-electron chi connectivity index (χ2n) is 3.51. The first-order chi connectivity index (χ1) is 7.40. The molecule has 2 N–H and O–H groups in total. The van der Waals surface area contributed by atoms with Crippen LogP contribution in [0.25, 0.3) is 0 Å². The molecule has 2 aliphatic rings. The van der Waals surface area contributed by atoms with Crippen molar-refractivity contribution in [3.05, 3.63) is 11.0 Å². The van der Waals surface area contributed by atoms with Gasteiger partial charge >= 0.3 is 5.97 Å². The molecule has 0 bridgehead atoms. The molecule has 2 rings (SSSR count). The Morgan fingerprint density at radius 2 is 2.06 bits per heavy atom. The molecule has 1 heterocycles. The van der Waals surface area contributed by atoms with E-state index >= 15 is 0 Å². The van der Waals surface area contributed by atoms with Gasteiger partial charge in [0.2, 0.25) is 0 Å². The lowest BCUT2D eigenvalue weighted by Crippen LogP contribution is -2.31. The van der Waals surface area contributed by atoms with E-state index < -0.39 is 26.8 Å². The molecule has 1 aliphatic carbocycles. The molecule has 0 radical (unpaired) electrons. The smallest absolute Gasteiger partial charge is 0.349 e. The van der Waals surface area contributed by atoms with Crippen molar-refractivity contribution in [1.29, 1.82) is 0 Å². The molecule has 0 aromatic heterocycles. The van der Waals surface area contributed by atoms with Crippen LogP contribution in [0, 0.1) is 0 Å². The second kappa shape index (κ2) is 3.41. The Labute approximate surface area is 90.9 Å². The minimum Gasteiger partial charge on any atom is -0.477 e. The second-order valence-corrected chi connectivity index (χ2v) is 5.09. The minimum absolute atomic E-state index is 0.0557. The van der Waals surface area contributed by atoms with Crippen molar-refractivity contribution in [3.63, 3.8) is 0 Å². The first-order valence-corrected chi connectivity index (χ1v) is 5.95. The summed E-state index contributed by atoms with van der Waals surface area (Å²) in [5, 5.41) is 11.1. The van der Waals surface area contributed by atoms with E-state index in [1.165, 1.54) is 0 Å². The standard InChI is InChI=1S/C8H8N2O5S/c11-7(9-4-1-2-4)5-3-6(8(12)13)16(14,15)10-5/h3-4H,1-2H2,(H,9,11)(H,12,13). The highest BCUT2D eigenvalue weighted by atomic mass is 32.2. The molecule has 86 valence electrons. The van der Waals surface area contributed by atoms with Gasteiger partial charge in [0.1, 0.15) is 5.71 Å². The van der Waals surface area contributed by atoms with Crippen molar-refractivity contribution in [1.82, 2.24) is 5.32 Å². The van der Waals surface area contributed by atoms with Crippen molar-refractivity contribution in [2.45, 2.75) is 18.9 Å². The number of carbonyl (C=O) groups is 2. The van der Waals surface area contributed by atoms with Crippen LogP contribution in [-0.2, 0) is 19.6 Å². The van der Waals surface area contributed by atoms with Crippen LogP contribution in [0.2, 0.25) is 0 Å². The van der Waals surface area contributed by atoms with Gasteiger partial charge in [0, 0.05) is 6.04 Å². The van der Waals surface area contributed by atoms with Gasteiger partial charge in [0.25, 0.3) is 15.9 Å². The average Bonchev–Trinajstić information content (AvgIpc) is 2.88. The summed E-state index contributed by atoms with van der Waals surface area (Å²) in [7, 11) is -4.21. The van der Waals surface area contributed by atoms with E-state index in [0.717, 1.165) is 18.9 Å². The number of nitrogens with zero attached hydrogens (tertiary/aromatic N) is 1. The van der Waals surface area contributed by atoms with E-state index in [-0.39, 0.29) is 11.8 Å². The molecule has 8 heteroatoms. The van der Waals surface area contributed by atoms with Crippen LogP contribution in [0.3, 0.4) is 0 Å². The summed E-state index contributed by atoms with van der Waals surface area (Å²) < 4.78 is 25.5. The molecule has 0 saturated heterocycles. The summed E-state index contributed by atoms with van der Waals surface area (Å²) >= 11 is 0. The third-order valence-electron chi connectivity index (χ3n) is 2.12. The Kier molecular flexibility index (Phi) is 2.30. The van der Waals surface area contributed by atoms with E-state index in [1.807, 2.05) is 0 Å². The first-order valence-electron chi connectivity index (χ1n) is 4.51. The van der Waals surface area contributed by atoms with Crippen molar-refractivity contribution in [2.24, 2.45) is 4.40 Å². The molecule has 0 aromatic carbocycles. The average molecular weight is 244 g/mol. The molecule has 1 aliphatic heterocycles. The number of nitrogens with one attached hydrogen (secondary N) is 1. The number of hydrogen-bond donors (Lipinski definition) is 2. The van der Waals surface area contributed by atoms with Crippen molar-refractivity contribution in [2.75, 3.05) is 0 Å². The van der Waals surface area contributed by atoms with Crippen LogP contribution >= 0.6 is 0 Å². The van der Waals surface area contributed by atoms with Gasteiger partial charge in [-0.3, -0.25) is 4.79 Å². The Morgan fingerprint density at radius 3 is 2.50 bits per heavy atom. The Hall–Kier alpha value is -1.70. The maximum absolute atomic E-state index is 11.4. The lowest BCUT2D eigenvalue weighted by molar-refractivity contribution is -0.131. The molecule has 0 atom stereocenters. The summed E-state index contributed by atoms with van der Waals surface area (Å²) in [5.74, 6) is -2.26. The lowest BCUT2D eigenvalue weighted by atomic mass is 10.3. The van der Waals surface area contributed by atoms with E-state index in [0.29, 0.717) is 0 Å². The fourth-order valence-corrected chi connectivity index (χ4v) is 2.14. The Balaban J connectivity index is 2.24. The van der Waals surface area contributed by atoms with E-state index in [9.17, 15) is 18.0 Å². The van der Waals surface area contributed by atoms with Gasteiger partial charge in [-0.1, -0.05) is 0 Å². The number of amides is 1. The number of hydrogen-bond acceptors (Lipinski definition) is 4. The summed E-state index contributed by atoms with van der Waals surface area (Å²) in [6.45, 7) is 0. The molecule has 0 spiro atoms. The monoisotopic (exact) mass is 244 g/mol. The van der Waals surface area contributed by atoms with Crippen molar-refractivity contribution >= 4 is 27.6 Å². The molecule has 0 aromatic rings. The molecule has 0 unspecified atom stereocenters. The third-order valence-corrected chi connectivity index (χ3v) is 3.41. The lowest BCUT2D eigenvalue weighted by Gasteiger charge is -1.98. The SMILES string of the molecule is O=C(O)C1=CC(C(=O)NC2CC2)=NS1(=O)=O. The highest BCUT2D eigenvalue weighted by Crippen LogP contribution is 2.20. The number of rotatable bonds is 3. The quantitative estimate of drug-likeness (QED) is 0.662. The highest BCUT2D eigenvalue weighted by molar-refractivity contribution is 7.95. The number of carbonyl (C=O) groups excluding carboxylic acids is 1. The van der Waals surface area contributed by atoms with E-state index in [4.69, 9.17) is 5.11 Å². The van der Waals surface area contributed by atoms with Gasteiger partial charge in [-0.25, -0.2) is 4.79 Å². The maximum atomic E-state index is 11.4. The summed E-state index contributed by atoms with van der Waals surface area (Å²) in [6, 6.07) is 0.0557. The molecule has 16 heavy (non-hydrogen) atoms. The minimum atomic E-state index is -4.21. The summed E-state index contributed by atoms with van der Waals surface area (Å²) in [6.07, 6.45) is 2.47. The van der Waals surface area contributed by atoms with Crippen molar-refractivity contribution in [3.8, 4) is 0 Å². The van der Waals surface area contributed by atoms with E-state index in [1.54, 1.807) is 0 Å². The third kappa shape index (κ3) is 1.96. The number of carboxylic acids is 1. The molecule has 1 amide bonds. The van der Waals surface area contributed by atoms with Gasteiger partial charge in [0.05, 0.1) is 0 Å². The normalized spacial score (nSPS) is 22.2. The predicted octanol–water partition coefficient (Wildman–Crippen LogP) is -0.982. The first kappa shape index (κ1) is 10.8. The molecule has 7 nitrogen and oxygen atoms in total. The zero-order valence-corrected chi connectivity index (χ0v) is 8.82. The maximum Gasteiger partial charge on any atom is 0.349 e. The van der Waals surface area contributed by atoms with E-state index in [2.05, 4.69) is 9.71 Å². The van der Waals surface area contributed by atoms with Crippen LogP contribution in [0.1, 0.15) is 12.8 Å². The molecule has 1 fully saturated rings. The van der Waals surface area contributed by atoms with Gasteiger partial charge in [-0.15, -0.1) is 0 Å². The number of aliphatic carboxylic acids is 1. The Morgan fingerprint density at radius 1 is 1.44 bits per heavy atom. The predicted molar refractivity (Wildman–Crippen MR) is 53.2 cm³/mol. The van der Waals surface area contributed by atoms with Gasteiger partial charge in [0.15, 0.2) is 4.91 Å². The zero-order chi connectivity index (χ0) is 11.9. The van der Waals surface area contributed by atoms with Crippen LogP contribution < -0.4 is 5.32 Å². The number of carboxylic acid groups (broad SMARTS) is 1. The van der Waals surface area contributed by atoms with Crippen LogP contribution in [0.5, 0.6) is 0 Å². The van der Waals surface area contributed by atoms with Gasteiger partial charge in [-0.2, -0.15) is 12.8 Å². The highest BCUT2D eigenvalue weighted by Gasteiger charge is 2.34. The molecule has 1 saturated carbocycles. The van der Waals surface area contributed by atoms with Crippen molar-refractivity contribution < 1.29 is 23.1 Å². The molecular weight excluding hydrogens is 236 g/mol. The fourth-order valence-electron chi connectivity index (χ4n) is 1.17. The fraction of sp³-hybridized carbons (Fsp3) is 0.375.